The van der Waals surface area contributed by atoms with Crippen LogP contribution >= 0.6 is 0 Å². The fraction of sp³-hybridized carbons (Fsp3) is 0.455. The largest absolute Gasteiger partial charge is 0.384 e. The van der Waals surface area contributed by atoms with Crippen molar-refractivity contribution in [1.29, 1.82) is 0 Å². The van der Waals surface area contributed by atoms with E-state index in [1.54, 1.807) is 26.0 Å². The van der Waals surface area contributed by atoms with Crippen LogP contribution in [0, 0.1) is 0 Å². The number of carbonyl (C=O) groups is 1. The molecule has 0 radical (unpaired) electrons. The van der Waals surface area contributed by atoms with Crippen LogP contribution in [0.15, 0.2) is 18.2 Å². The van der Waals surface area contributed by atoms with E-state index in [0.29, 0.717) is 0 Å². The molecule has 0 unspecified atom stereocenters. The molecule has 0 atom stereocenters. The first kappa shape index (κ1) is 14.4. The first-order valence-corrected chi connectivity index (χ1v) is 7.23. The second-order valence-corrected chi connectivity index (χ2v) is 7.31. The van der Waals surface area contributed by atoms with Crippen LogP contribution < -0.4 is 11.1 Å². The highest BCUT2D eigenvalue weighted by Crippen LogP contribution is 2.13. The van der Waals surface area contributed by atoms with E-state index in [-0.39, 0.29) is 18.1 Å². The number of hydrogen-bond acceptors (Lipinski definition) is 5. The molecule has 0 aliphatic carbocycles. The third-order valence-electron chi connectivity index (χ3n) is 2.68. The number of anilines is 1. The first-order chi connectivity index (χ1) is 8.13. The summed E-state index contributed by atoms with van der Waals surface area (Å²) in [4.78, 5) is 15.6. The molecule has 0 aliphatic rings. The van der Waals surface area contributed by atoms with Crippen molar-refractivity contribution in [3.8, 4) is 0 Å². The Hall–Kier alpha value is -1.63. The molecule has 1 amide bonds. The summed E-state index contributed by atoms with van der Waals surface area (Å²) in [5.74, 6) is -0.205. The molecule has 1 aromatic rings. The number of nitrogen functional groups attached to an aromatic ring is 1. The van der Waals surface area contributed by atoms with Crippen molar-refractivity contribution < 1.29 is 13.2 Å². The summed E-state index contributed by atoms with van der Waals surface area (Å²) in [7, 11) is -3.25. The molecule has 7 heteroatoms. The molecule has 18 heavy (non-hydrogen) atoms. The second-order valence-electron chi connectivity index (χ2n) is 4.66. The molecule has 0 aromatic carbocycles. The maximum absolute atomic E-state index is 11.7. The Morgan fingerprint density at radius 2 is 2.06 bits per heavy atom. The molecule has 0 saturated carbocycles. The molecule has 0 spiro atoms. The number of nitrogens with one attached hydrogen (secondary N) is 1. The molecular formula is C11H17N3O3S. The van der Waals surface area contributed by atoms with Crippen molar-refractivity contribution in [2.45, 2.75) is 18.6 Å². The number of hydrogen-bond donors (Lipinski definition) is 2. The molecule has 1 aromatic heterocycles. The number of amides is 1. The van der Waals surface area contributed by atoms with Gasteiger partial charge in [0.2, 0.25) is 0 Å². The Morgan fingerprint density at radius 1 is 1.44 bits per heavy atom. The zero-order valence-corrected chi connectivity index (χ0v) is 11.4. The fourth-order valence-corrected chi connectivity index (χ4v) is 1.43. The van der Waals surface area contributed by atoms with Gasteiger partial charge >= 0.3 is 0 Å². The highest BCUT2D eigenvalue weighted by Gasteiger charge is 2.30. The number of rotatable bonds is 4. The Labute approximate surface area is 107 Å². The average Bonchev–Trinajstić information content (AvgIpc) is 2.24. The van der Waals surface area contributed by atoms with E-state index in [1.165, 1.54) is 6.07 Å². The van der Waals surface area contributed by atoms with Gasteiger partial charge in [0.15, 0.2) is 9.84 Å². The van der Waals surface area contributed by atoms with Gasteiger partial charge in [-0.05, 0) is 26.0 Å². The van der Waals surface area contributed by atoms with Crippen LogP contribution in [0.3, 0.4) is 0 Å². The van der Waals surface area contributed by atoms with Gasteiger partial charge in [-0.15, -0.1) is 0 Å². The van der Waals surface area contributed by atoms with Crippen molar-refractivity contribution in [2.75, 3.05) is 18.5 Å². The quantitative estimate of drug-likeness (QED) is 0.815. The normalized spacial score (nSPS) is 12.2. The minimum Gasteiger partial charge on any atom is -0.384 e. The van der Waals surface area contributed by atoms with Gasteiger partial charge in [0.25, 0.3) is 5.91 Å². The lowest BCUT2D eigenvalue weighted by Gasteiger charge is -2.22. The average molecular weight is 271 g/mol. The van der Waals surface area contributed by atoms with Crippen molar-refractivity contribution in [1.82, 2.24) is 10.3 Å². The van der Waals surface area contributed by atoms with E-state index in [1.807, 2.05) is 0 Å². The molecule has 3 N–H and O–H groups in total. The van der Waals surface area contributed by atoms with Crippen molar-refractivity contribution in [2.24, 2.45) is 0 Å². The summed E-state index contributed by atoms with van der Waals surface area (Å²) >= 11 is 0. The lowest BCUT2D eigenvalue weighted by Crippen LogP contribution is -2.43. The maximum Gasteiger partial charge on any atom is 0.270 e. The van der Waals surface area contributed by atoms with Gasteiger partial charge in [0, 0.05) is 12.8 Å². The van der Waals surface area contributed by atoms with Crippen molar-refractivity contribution in [3.63, 3.8) is 0 Å². The van der Waals surface area contributed by atoms with E-state index in [0.717, 1.165) is 6.26 Å². The van der Waals surface area contributed by atoms with Crippen LogP contribution in [-0.4, -0.2) is 36.9 Å². The minimum atomic E-state index is -3.25. The topological polar surface area (TPSA) is 102 Å². The van der Waals surface area contributed by atoms with Crippen LogP contribution in [0.5, 0.6) is 0 Å². The molecule has 1 heterocycles. The third kappa shape index (κ3) is 3.43. The summed E-state index contributed by atoms with van der Waals surface area (Å²) in [5, 5.41) is 2.54. The van der Waals surface area contributed by atoms with Gasteiger partial charge < -0.3 is 11.1 Å². The number of sulfone groups is 1. The number of nitrogens with two attached hydrogens (primary N) is 1. The molecule has 6 nitrogen and oxygen atoms in total. The predicted molar refractivity (Wildman–Crippen MR) is 69.9 cm³/mol. The van der Waals surface area contributed by atoms with Crippen molar-refractivity contribution >= 4 is 21.6 Å². The van der Waals surface area contributed by atoms with E-state index in [2.05, 4.69) is 10.3 Å². The summed E-state index contributed by atoms with van der Waals surface area (Å²) in [6.07, 6.45) is 1.14. The molecule has 0 saturated heterocycles. The number of aromatic nitrogens is 1. The third-order valence-corrected chi connectivity index (χ3v) is 4.83. The van der Waals surface area contributed by atoms with Crippen LogP contribution in [0.25, 0.3) is 0 Å². The van der Waals surface area contributed by atoms with Crippen LogP contribution in [-0.2, 0) is 9.84 Å². The fourth-order valence-electron chi connectivity index (χ4n) is 1.09. The molecule has 0 fully saturated rings. The molecular weight excluding hydrogens is 254 g/mol. The summed E-state index contributed by atoms with van der Waals surface area (Å²) in [6, 6.07) is 4.69. The van der Waals surface area contributed by atoms with E-state index in [4.69, 9.17) is 5.73 Å². The minimum absolute atomic E-state index is 0.0150. The highest BCUT2D eigenvalue weighted by atomic mass is 32.2. The molecule has 0 bridgehead atoms. The Morgan fingerprint density at radius 3 is 2.56 bits per heavy atom. The lowest BCUT2D eigenvalue weighted by molar-refractivity contribution is 0.0945. The van der Waals surface area contributed by atoms with E-state index >= 15 is 0 Å². The summed E-state index contributed by atoms with van der Waals surface area (Å²) < 4.78 is 21.9. The Kier molecular flexibility index (Phi) is 3.95. The summed E-state index contributed by atoms with van der Waals surface area (Å²) in [6.45, 7) is 3.12. The molecule has 1 rings (SSSR count). The maximum atomic E-state index is 11.7. The van der Waals surface area contributed by atoms with Gasteiger partial charge in [-0.3, -0.25) is 4.79 Å². The van der Waals surface area contributed by atoms with Gasteiger partial charge in [-0.25, -0.2) is 13.4 Å². The highest BCUT2D eigenvalue weighted by molar-refractivity contribution is 7.92. The van der Waals surface area contributed by atoms with Gasteiger partial charge in [-0.2, -0.15) is 0 Å². The zero-order chi connectivity index (χ0) is 14.0. The monoisotopic (exact) mass is 271 g/mol. The Balaban J connectivity index is 2.74. The molecule has 0 aliphatic heterocycles. The van der Waals surface area contributed by atoms with Crippen LogP contribution in [0.4, 0.5) is 5.82 Å². The Bertz CT molecular complexity index is 552. The number of carbonyl (C=O) groups excluding carboxylic acids is 1. The SMILES string of the molecule is CC(C)(CNC(=O)c1cccc(N)n1)S(C)(=O)=O. The van der Waals surface area contributed by atoms with Gasteiger partial charge in [0.1, 0.15) is 11.5 Å². The summed E-state index contributed by atoms with van der Waals surface area (Å²) in [5.41, 5.74) is 5.63. The standard InChI is InChI=1S/C11H17N3O3S/c1-11(2,18(3,16)17)7-13-10(15)8-5-4-6-9(12)14-8/h4-6H,7H2,1-3H3,(H2,12,14)(H,13,15). The number of nitrogens with zero attached hydrogens (tertiary/aromatic N) is 1. The predicted octanol–water partition coefficient (Wildman–Crippen LogP) is 0.217. The number of pyridine rings is 1. The lowest BCUT2D eigenvalue weighted by atomic mass is 10.2. The smallest absolute Gasteiger partial charge is 0.270 e. The van der Waals surface area contributed by atoms with Crippen LogP contribution in [0.2, 0.25) is 0 Å². The van der Waals surface area contributed by atoms with Gasteiger partial charge in [-0.1, -0.05) is 6.07 Å². The van der Waals surface area contributed by atoms with Gasteiger partial charge in [0.05, 0.1) is 4.75 Å². The van der Waals surface area contributed by atoms with E-state index in [9.17, 15) is 13.2 Å². The van der Waals surface area contributed by atoms with Crippen LogP contribution in [0.1, 0.15) is 24.3 Å². The molecule has 100 valence electrons. The second kappa shape index (κ2) is 4.93. The van der Waals surface area contributed by atoms with E-state index < -0.39 is 20.5 Å². The zero-order valence-electron chi connectivity index (χ0n) is 10.6. The first-order valence-electron chi connectivity index (χ1n) is 5.34. The van der Waals surface area contributed by atoms with Crippen molar-refractivity contribution in [3.05, 3.63) is 23.9 Å².